The van der Waals surface area contributed by atoms with Gasteiger partial charge in [0.1, 0.15) is 0 Å². The molecule has 2 fully saturated rings. The number of Topliss-reactive ketones (excluding diaryl/α,β-unsaturated/α-hetero) is 1. The lowest BCUT2D eigenvalue weighted by molar-refractivity contribution is -0.124. The SMILES string of the molecule is O=CN1CCN(S(=O)(=O)N2CCC(C(=O)c3ccc(Cl)cc3)CC2)[C@H](OC(=O)NO)C1. The summed E-state index contributed by atoms with van der Waals surface area (Å²) in [5.41, 5.74) is 1.81. The van der Waals surface area contributed by atoms with E-state index < -0.39 is 22.5 Å². The van der Waals surface area contributed by atoms with Gasteiger partial charge in [-0.05, 0) is 37.1 Å². The molecule has 2 N–H and O–H groups in total. The number of ether oxygens (including phenoxy) is 1. The van der Waals surface area contributed by atoms with Crippen molar-refractivity contribution in [1.82, 2.24) is 19.0 Å². The normalized spacial score (nSPS) is 21.5. The van der Waals surface area contributed by atoms with Gasteiger partial charge in [-0.1, -0.05) is 11.6 Å². The minimum absolute atomic E-state index is 0.0610. The number of piperidine rings is 1. The number of amides is 2. The molecule has 170 valence electrons. The lowest BCUT2D eigenvalue weighted by Crippen LogP contribution is -2.60. The fourth-order valence-electron chi connectivity index (χ4n) is 3.71. The number of carbonyl (C=O) groups excluding carboxylic acids is 3. The van der Waals surface area contributed by atoms with E-state index in [1.807, 2.05) is 0 Å². The topological polar surface area (TPSA) is 137 Å². The molecule has 0 aromatic heterocycles. The van der Waals surface area contributed by atoms with Gasteiger partial charge in [-0.2, -0.15) is 12.7 Å². The van der Waals surface area contributed by atoms with Crippen LogP contribution in [0, 0.1) is 5.92 Å². The first-order valence-corrected chi connectivity index (χ1v) is 11.4. The molecule has 31 heavy (non-hydrogen) atoms. The third-order valence-electron chi connectivity index (χ3n) is 5.38. The van der Waals surface area contributed by atoms with Gasteiger partial charge < -0.3 is 9.64 Å². The second-order valence-electron chi connectivity index (χ2n) is 7.24. The Morgan fingerprint density at radius 3 is 2.35 bits per heavy atom. The molecule has 2 heterocycles. The van der Waals surface area contributed by atoms with Crippen LogP contribution in [0.15, 0.2) is 24.3 Å². The maximum atomic E-state index is 13.2. The summed E-state index contributed by atoms with van der Waals surface area (Å²) in [7, 11) is -4.03. The summed E-state index contributed by atoms with van der Waals surface area (Å²) < 4.78 is 33.5. The van der Waals surface area contributed by atoms with Crippen molar-refractivity contribution >= 4 is 40.1 Å². The molecular formula is C18H23ClN4O7S. The van der Waals surface area contributed by atoms with Gasteiger partial charge in [-0.25, -0.2) is 10.3 Å². The number of hydroxylamine groups is 1. The summed E-state index contributed by atoms with van der Waals surface area (Å²) in [6.45, 7) is 0.142. The number of halogens is 1. The third kappa shape index (κ3) is 5.33. The lowest BCUT2D eigenvalue weighted by atomic mass is 9.90. The largest absolute Gasteiger partial charge is 0.432 e. The minimum atomic E-state index is -4.03. The molecule has 0 unspecified atom stereocenters. The van der Waals surface area contributed by atoms with Gasteiger partial charge in [0.15, 0.2) is 12.0 Å². The highest BCUT2D eigenvalue weighted by Crippen LogP contribution is 2.27. The number of carbonyl (C=O) groups is 3. The molecule has 0 aliphatic carbocycles. The number of rotatable bonds is 6. The summed E-state index contributed by atoms with van der Waals surface area (Å²) >= 11 is 5.86. The van der Waals surface area contributed by atoms with E-state index in [9.17, 15) is 22.8 Å². The highest BCUT2D eigenvalue weighted by Gasteiger charge is 2.42. The molecule has 0 bridgehead atoms. The van der Waals surface area contributed by atoms with Crippen LogP contribution in [-0.2, 0) is 19.7 Å². The van der Waals surface area contributed by atoms with Gasteiger partial charge in [0.05, 0.1) is 6.54 Å². The molecule has 0 spiro atoms. The summed E-state index contributed by atoms with van der Waals surface area (Å²) in [6.07, 6.45) is -1.30. The second-order valence-corrected chi connectivity index (χ2v) is 9.55. The average Bonchev–Trinajstić information content (AvgIpc) is 2.78. The summed E-state index contributed by atoms with van der Waals surface area (Å²) in [5, 5.41) is 9.22. The standard InChI is InChI=1S/C18H23ClN4O7S/c19-15-3-1-13(2-4-15)17(25)14-5-7-22(8-6-14)31(28,29)23-10-9-21(12-24)11-16(23)30-18(26)20-27/h1-4,12,14,16,27H,5-11H2,(H,20,26)/t16-/m1/s1. The third-order valence-corrected chi connectivity index (χ3v) is 7.66. The number of hydrogen-bond donors (Lipinski definition) is 2. The Balaban J connectivity index is 1.67. The van der Waals surface area contributed by atoms with E-state index in [-0.39, 0.29) is 44.4 Å². The Morgan fingerprint density at radius 2 is 1.77 bits per heavy atom. The zero-order chi connectivity index (χ0) is 22.6. The quantitative estimate of drug-likeness (QED) is 0.268. The first-order valence-electron chi connectivity index (χ1n) is 9.63. The highest BCUT2D eigenvalue weighted by atomic mass is 35.5. The van der Waals surface area contributed by atoms with Crippen molar-refractivity contribution < 1.29 is 32.7 Å². The van der Waals surface area contributed by atoms with Crippen molar-refractivity contribution in [2.75, 3.05) is 32.7 Å². The predicted octanol–water partition coefficient (Wildman–Crippen LogP) is 0.695. The smallest absolute Gasteiger partial charge is 0.426 e. The number of ketones is 1. The number of benzene rings is 1. The van der Waals surface area contributed by atoms with Gasteiger partial charge in [0, 0.05) is 42.7 Å². The van der Waals surface area contributed by atoms with Crippen LogP contribution >= 0.6 is 11.6 Å². The fraction of sp³-hybridized carbons (Fsp3) is 0.500. The van der Waals surface area contributed by atoms with E-state index in [1.165, 1.54) is 14.7 Å². The first-order chi connectivity index (χ1) is 14.8. The Hall–Kier alpha value is -2.25. The van der Waals surface area contributed by atoms with Gasteiger partial charge in [-0.15, -0.1) is 4.31 Å². The maximum Gasteiger partial charge on any atom is 0.432 e. The van der Waals surface area contributed by atoms with Gasteiger partial charge in [-0.3, -0.25) is 14.8 Å². The number of nitrogens with one attached hydrogen (secondary N) is 1. The lowest BCUT2D eigenvalue weighted by Gasteiger charge is -2.41. The zero-order valence-corrected chi connectivity index (χ0v) is 18.1. The van der Waals surface area contributed by atoms with Crippen molar-refractivity contribution in [2.24, 2.45) is 5.92 Å². The summed E-state index contributed by atoms with van der Waals surface area (Å²) in [5.74, 6) is -0.374. The molecule has 2 amide bonds. The van der Waals surface area contributed by atoms with E-state index in [4.69, 9.17) is 21.5 Å². The number of hydrogen-bond acceptors (Lipinski definition) is 7. The van der Waals surface area contributed by atoms with E-state index >= 15 is 0 Å². The molecule has 11 nitrogen and oxygen atoms in total. The molecule has 0 radical (unpaired) electrons. The molecule has 2 aliphatic heterocycles. The molecule has 1 aromatic carbocycles. The Kier molecular flexibility index (Phi) is 7.49. The monoisotopic (exact) mass is 474 g/mol. The predicted molar refractivity (Wildman–Crippen MR) is 109 cm³/mol. The summed E-state index contributed by atoms with van der Waals surface area (Å²) in [6, 6.07) is 6.56. The van der Waals surface area contributed by atoms with Crippen LogP contribution in [0.1, 0.15) is 23.2 Å². The van der Waals surface area contributed by atoms with Crippen LogP contribution in [0.5, 0.6) is 0 Å². The molecule has 1 aromatic rings. The van der Waals surface area contributed by atoms with Gasteiger partial charge in [0.2, 0.25) is 6.41 Å². The van der Waals surface area contributed by atoms with Crippen LogP contribution in [0.4, 0.5) is 4.79 Å². The van der Waals surface area contributed by atoms with Crippen molar-refractivity contribution in [3.8, 4) is 0 Å². The van der Waals surface area contributed by atoms with Crippen LogP contribution < -0.4 is 5.48 Å². The Bertz CT molecular complexity index is 919. The van der Waals surface area contributed by atoms with E-state index in [0.29, 0.717) is 29.8 Å². The molecule has 2 saturated heterocycles. The fourth-order valence-corrected chi connectivity index (χ4v) is 5.52. The summed E-state index contributed by atoms with van der Waals surface area (Å²) in [4.78, 5) is 36.5. The van der Waals surface area contributed by atoms with E-state index in [0.717, 1.165) is 4.31 Å². The molecule has 0 saturated carbocycles. The second kappa shape index (κ2) is 9.92. The van der Waals surface area contributed by atoms with E-state index in [1.54, 1.807) is 24.3 Å². The van der Waals surface area contributed by atoms with Crippen LogP contribution in [-0.4, -0.2) is 84.4 Å². The average molecular weight is 475 g/mol. The number of nitrogens with zero attached hydrogens (tertiary/aromatic N) is 3. The van der Waals surface area contributed by atoms with Crippen LogP contribution in [0.2, 0.25) is 5.02 Å². The van der Waals surface area contributed by atoms with Gasteiger partial charge in [0.25, 0.3) is 10.2 Å². The molecule has 13 heteroatoms. The Morgan fingerprint density at radius 1 is 1.13 bits per heavy atom. The first kappa shape index (κ1) is 23.4. The highest BCUT2D eigenvalue weighted by molar-refractivity contribution is 7.86. The van der Waals surface area contributed by atoms with Crippen molar-refractivity contribution in [2.45, 2.75) is 19.1 Å². The molecule has 3 rings (SSSR count). The maximum absolute atomic E-state index is 13.2. The minimum Gasteiger partial charge on any atom is -0.426 e. The van der Waals surface area contributed by atoms with Crippen molar-refractivity contribution in [3.63, 3.8) is 0 Å². The number of piperazine rings is 1. The van der Waals surface area contributed by atoms with Gasteiger partial charge >= 0.3 is 6.09 Å². The molecule has 1 atom stereocenters. The van der Waals surface area contributed by atoms with Crippen LogP contribution in [0.25, 0.3) is 0 Å². The molecular weight excluding hydrogens is 452 g/mol. The van der Waals surface area contributed by atoms with Crippen molar-refractivity contribution in [3.05, 3.63) is 34.9 Å². The molecule has 2 aliphatic rings. The van der Waals surface area contributed by atoms with Crippen molar-refractivity contribution in [1.29, 1.82) is 0 Å². The zero-order valence-electron chi connectivity index (χ0n) is 16.5. The Labute approximate surface area is 184 Å². The van der Waals surface area contributed by atoms with E-state index in [2.05, 4.69) is 0 Å². The van der Waals surface area contributed by atoms with Crippen LogP contribution in [0.3, 0.4) is 0 Å².